The van der Waals surface area contributed by atoms with Crippen molar-refractivity contribution in [1.82, 2.24) is 10.6 Å². The van der Waals surface area contributed by atoms with Gasteiger partial charge in [0.15, 0.2) is 17.6 Å². The van der Waals surface area contributed by atoms with Gasteiger partial charge in [0.25, 0.3) is 5.91 Å². The molecule has 32 heavy (non-hydrogen) atoms. The van der Waals surface area contributed by atoms with Gasteiger partial charge < -0.3 is 24.8 Å². The number of benzene rings is 1. The molecule has 2 amide bonds. The summed E-state index contributed by atoms with van der Waals surface area (Å²) in [5.74, 6) is 2.28. The summed E-state index contributed by atoms with van der Waals surface area (Å²) in [5, 5.41) is 5.54. The molecule has 4 aliphatic carbocycles. The van der Waals surface area contributed by atoms with E-state index < -0.39 is 18.0 Å². The van der Waals surface area contributed by atoms with Gasteiger partial charge in [-0.15, -0.1) is 0 Å². The molecule has 4 saturated carbocycles. The van der Waals surface area contributed by atoms with E-state index in [1.54, 1.807) is 12.1 Å². The lowest BCUT2D eigenvalue weighted by Gasteiger charge is -2.55. The van der Waals surface area contributed by atoms with Gasteiger partial charge >= 0.3 is 5.97 Å². The molecular weight excluding hydrogens is 412 g/mol. The third-order valence-electron chi connectivity index (χ3n) is 7.49. The van der Waals surface area contributed by atoms with Crippen molar-refractivity contribution in [3.05, 3.63) is 23.8 Å². The molecule has 172 valence electrons. The van der Waals surface area contributed by atoms with Gasteiger partial charge in [0.1, 0.15) is 6.54 Å². The van der Waals surface area contributed by atoms with Gasteiger partial charge in [-0.05, 0) is 80.9 Å². The zero-order chi connectivity index (χ0) is 22.3. The van der Waals surface area contributed by atoms with Crippen LogP contribution >= 0.6 is 0 Å². The number of carbonyl (C=O) groups is 3. The Balaban J connectivity index is 1.06. The van der Waals surface area contributed by atoms with Gasteiger partial charge in [-0.1, -0.05) is 6.07 Å². The minimum atomic E-state index is -0.951. The zero-order valence-corrected chi connectivity index (χ0v) is 18.4. The number of esters is 1. The molecule has 6 rings (SSSR count). The Bertz CT molecular complexity index is 894. The SMILES string of the molecule is C[C@@H](OC(=O)CNC(=O)C12CC3CC(CC(C3)C1)C2)C(=O)NCc1ccc2c(c1)OCO2. The maximum absolute atomic E-state index is 12.9. The van der Waals surface area contributed by atoms with Crippen LogP contribution in [0.25, 0.3) is 0 Å². The fourth-order valence-corrected chi connectivity index (χ4v) is 6.40. The molecule has 0 unspecified atom stereocenters. The maximum Gasteiger partial charge on any atom is 0.326 e. The zero-order valence-electron chi connectivity index (χ0n) is 18.4. The van der Waals surface area contributed by atoms with Crippen LogP contribution in [0.2, 0.25) is 0 Å². The number of hydrogen-bond donors (Lipinski definition) is 2. The molecule has 2 N–H and O–H groups in total. The summed E-state index contributed by atoms with van der Waals surface area (Å²) in [6.07, 6.45) is 5.65. The molecule has 1 aromatic rings. The van der Waals surface area contributed by atoms with Crippen LogP contribution in [0.5, 0.6) is 11.5 Å². The molecule has 1 heterocycles. The van der Waals surface area contributed by atoms with E-state index in [1.165, 1.54) is 26.2 Å². The Kier molecular flexibility index (Phi) is 5.47. The fraction of sp³-hybridized carbons (Fsp3) is 0.625. The number of rotatable bonds is 7. The van der Waals surface area contributed by atoms with Crippen LogP contribution in [0.1, 0.15) is 51.0 Å². The minimum absolute atomic E-state index is 0.0199. The predicted molar refractivity (Wildman–Crippen MR) is 114 cm³/mol. The van der Waals surface area contributed by atoms with Crippen molar-refractivity contribution in [1.29, 1.82) is 0 Å². The summed E-state index contributed by atoms with van der Waals surface area (Å²) in [6.45, 7) is 1.78. The second-order valence-electron chi connectivity index (χ2n) is 9.92. The summed E-state index contributed by atoms with van der Waals surface area (Å²) in [5.41, 5.74) is 0.548. The highest BCUT2D eigenvalue weighted by molar-refractivity contribution is 5.88. The van der Waals surface area contributed by atoms with Crippen molar-refractivity contribution in [2.45, 2.75) is 58.1 Å². The molecule has 0 radical (unpaired) electrons. The standard InChI is InChI=1S/C24H30N2O6/c1-14(22(28)25-11-15-2-3-19-20(7-15)31-13-30-19)32-21(27)12-26-23(29)24-8-16-4-17(9-24)6-18(5-16)10-24/h2-3,7,14,16-18H,4-6,8-13H2,1H3,(H,25,28)(H,26,29)/t14-,16?,17?,18?,24?/m1/s1. The lowest BCUT2D eigenvalue weighted by atomic mass is 9.49. The first-order valence-electron chi connectivity index (χ1n) is 11.5. The molecule has 0 saturated heterocycles. The van der Waals surface area contributed by atoms with Crippen LogP contribution in [0, 0.1) is 23.2 Å². The Morgan fingerprint density at radius 1 is 1.03 bits per heavy atom. The van der Waals surface area contributed by atoms with Crippen LogP contribution in [0.15, 0.2) is 18.2 Å². The highest BCUT2D eigenvalue weighted by atomic mass is 16.7. The van der Waals surface area contributed by atoms with Crippen molar-refractivity contribution in [2.75, 3.05) is 13.3 Å². The molecule has 5 aliphatic rings. The quantitative estimate of drug-likeness (QED) is 0.628. The second kappa shape index (κ2) is 8.30. The van der Waals surface area contributed by atoms with E-state index in [2.05, 4.69) is 10.6 Å². The van der Waals surface area contributed by atoms with Crippen LogP contribution in [-0.4, -0.2) is 37.2 Å². The average Bonchev–Trinajstić information content (AvgIpc) is 3.22. The van der Waals surface area contributed by atoms with Crippen LogP contribution in [0.3, 0.4) is 0 Å². The average molecular weight is 443 g/mol. The number of hydrogen-bond acceptors (Lipinski definition) is 6. The number of nitrogens with one attached hydrogen (secondary N) is 2. The van der Waals surface area contributed by atoms with E-state index in [-0.39, 0.29) is 31.2 Å². The third-order valence-corrected chi connectivity index (χ3v) is 7.49. The first-order chi connectivity index (χ1) is 15.4. The third kappa shape index (κ3) is 4.14. The van der Waals surface area contributed by atoms with Gasteiger partial charge in [0, 0.05) is 12.0 Å². The topological polar surface area (TPSA) is 103 Å². The Morgan fingerprint density at radius 3 is 2.38 bits per heavy atom. The van der Waals surface area contributed by atoms with Gasteiger partial charge in [-0.2, -0.15) is 0 Å². The summed E-state index contributed by atoms with van der Waals surface area (Å²) in [6, 6.07) is 5.43. The molecule has 0 spiro atoms. The van der Waals surface area contributed by atoms with E-state index in [0.29, 0.717) is 29.3 Å². The van der Waals surface area contributed by atoms with Gasteiger partial charge in [0.2, 0.25) is 12.7 Å². The highest BCUT2D eigenvalue weighted by Crippen LogP contribution is 2.60. The smallest absolute Gasteiger partial charge is 0.326 e. The van der Waals surface area contributed by atoms with Gasteiger partial charge in [-0.25, -0.2) is 0 Å². The predicted octanol–water partition coefficient (Wildman–Crippen LogP) is 2.30. The molecular formula is C24H30N2O6. The molecule has 0 aromatic heterocycles. The summed E-state index contributed by atoms with van der Waals surface area (Å²) >= 11 is 0. The molecule has 1 aromatic carbocycles. The Labute approximate surface area is 187 Å². The number of carbonyl (C=O) groups excluding carboxylic acids is 3. The van der Waals surface area contributed by atoms with E-state index in [1.807, 2.05) is 6.07 Å². The first kappa shape index (κ1) is 21.1. The molecule has 4 bridgehead atoms. The van der Waals surface area contributed by atoms with Crippen molar-refractivity contribution in [3.8, 4) is 11.5 Å². The van der Waals surface area contributed by atoms with Gasteiger partial charge in [-0.3, -0.25) is 14.4 Å². The van der Waals surface area contributed by atoms with Crippen molar-refractivity contribution >= 4 is 17.8 Å². The monoisotopic (exact) mass is 442 g/mol. The summed E-state index contributed by atoms with van der Waals surface area (Å²) in [7, 11) is 0. The minimum Gasteiger partial charge on any atom is -0.454 e. The normalized spacial score (nSPS) is 30.0. The highest BCUT2D eigenvalue weighted by Gasteiger charge is 2.54. The van der Waals surface area contributed by atoms with Crippen LogP contribution in [0.4, 0.5) is 0 Å². The van der Waals surface area contributed by atoms with Crippen LogP contribution in [-0.2, 0) is 25.7 Å². The molecule has 8 nitrogen and oxygen atoms in total. The van der Waals surface area contributed by atoms with E-state index in [4.69, 9.17) is 14.2 Å². The number of amides is 2. The molecule has 1 aliphatic heterocycles. The van der Waals surface area contributed by atoms with Crippen molar-refractivity contribution in [2.24, 2.45) is 23.2 Å². The van der Waals surface area contributed by atoms with E-state index in [0.717, 1.165) is 24.8 Å². The Morgan fingerprint density at radius 2 is 1.69 bits per heavy atom. The fourth-order valence-electron chi connectivity index (χ4n) is 6.40. The first-order valence-corrected chi connectivity index (χ1v) is 11.5. The summed E-state index contributed by atoms with van der Waals surface area (Å²) in [4.78, 5) is 37.5. The van der Waals surface area contributed by atoms with Crippen molar-refractivity contribution < 1.29 is 28.6 Å². The Hall–Kier alpha value is -2.77. The van der Waals surface area contributed by atoms with E-state index in [9.17, 15) is 14.4 Å². The van der Waals surface area contributed by atoms with Crippen molar-refractivity contribution in [3.63, 3.8) is 0 Å². The second-order valence-corrected chi connectivity index (χ2v) is 9.92. The molecule has 8 heteroatoms. The number of ether oxygens (including phenoxy) is 3. The molecule has 4 fully saturated rings. The lowest BCUT2D eigenvalue weighted by molar-refractivity contribution is -0.156. The van der Waals surface area contributed by atoms with E-state index >= 15 is 0 Å². The van der Waals surface area contributed by atoms with Gasteiger partial charge in [0.05, 0.1) is 0 Å². The lowest BCUT2D eigenvalue weighted by Crippen LogP contribution is -2.54. The number of fused-ring (bicyclic) bond motifs is 1. The molecule has 1 atom stereocenters. The summed E-state index contributed by atoms with van der Waals surface area (Å²) < 4.78 is 15.8. The maximum atomic E-state index is 12.9. The largest absolute Gasteiger partial charge is 0.454 e. The van der Waals surface area contributed by atoms with Crippen LogP contribution < -0.4 is 20.1 Å².